The van der Waals surface area contributed by atoms with Gasteiger partial charge in [0.15, 0.2) is 0 Å². The second-order valence-corrected chi connectivity index (χ2v) is 4.94. The fraction of sp³-hybridized carbons (Fsp3) is 0.133. The smallest absolute Gasteiger partial charge is 0.338 e. The van der Waals surface area contributed by atoms with Crippen molar-refractivity contribution in [3.63, 3.8) is 0 Å². The van der Waals surface area contributed by atoms with Crippen molar-refractivity contribution in [1.29, 1.82) is 0 Å². The van der Waals surface area contributed by atoms with Crippen LogP contribution in [-0.2, 0) is 4.74 Å². The number of nitrogens with zero attached hydrogens (tertiary/aromatic N) is 1. The molecule has 0 unspecified atom stereocenters. The Morgan fingerprint density at radius 2 is 2.05 bits per heavy atom. The number of halogens is 1. The largest absolute Gasteiger partial charge is 0.462 e. The van der Waals surface area contributed by atoms with Gasteiger partial charge >= 0.3 is 5.97 Å². The minimum atomic E-state index is -0.448. The van der Waals surface area contributed by atoms with Crippen molar-refractivity contribution in [2.24, 2.45) is 0 Å². The summed E-state index contributed by atoms with van der Waals surface area (Å²) >= 11 is 3.31. The Morgan fingerprint density at radius 1 is 1.29 bits per heavy atom. The third kappa shape index (κ3) is 3.88. The summed E-state index contributed by atoms with van der Waals surface area (Å²) in [5, 5.41) is 2.65. The predicted octanol–water partition coefficient (Wildman–Crippen LogP) is 3.27. The number of amides is 1. The fourth-order valence-electron chi connectivity index (χ4n) is 1.67. The summed E-state index contributed by atoms with van der Waals surface area (Å²) in [5.74, 6) is -0.464. The van der Waals surface area contributed by atoms with Crippen molar-refractivity contribution in [2.75, 3.05) is 11.9 Å². The van der Waals surface area contributed by atoms with Crippen molar-refractivity contribution < 1.29 is 14.3 Å². The lowest BCUT2D eigenvalue weighted by atomic mass is 10.2. The molecule has 0 saturated heterocycles. The topological polar surface area (TPSA) is 68.3 Å². The molecule has 0 radical (unpaired) electrons. The summed E-state index contributed by atoms with van der Waals surface area (Å²) in [6, 6.07) is 10.1. The molecule has 6 heteroatoms. The van der Waals surface area contributed by atoms with Gasteiger partial charge in [-0.3, -0.25) is 4.79 Å². The predicted molar refractivity (Wildman–Crippen MR) is 82.3 cm³/mol. The van der Waals surface area contributed by atoms with Crippen LogP contribution in [0.1, 0.15) is 27.6 Å². The van der Waals surface area contributed by atoms with E-state index in [1.807, 2.05) is 6.07 Å². The Bertz CT molecular complexity index is 673. The highest BCUT2D eigenvalue weighted by Gasteiger charge is 2.12. The van der Waals surface area contributed by atoms with Crippen LogP contribution in [0.5, 0.6) is 0 Å². The molecule has 0 fully saturated rings. The van der Waals surface area contributed by atoms with Crippen molar-refractivity contribution in [3.8, 4) is 0 Å². The highest BCUT2D eigenvalue weighted by atomic mass is 79.9. The van der Waals surface area contributed by atoms with Gasteiger partial charge in [0.05, 0.1) is 17.7 Å². The van der Waals surface area contributed by atoms with Gasteiger partial charge in [-0.1, -0.05) is 12.1 Å². The number of anilines is 1. The first-order valence-corrected chi connectivity index (χ1v) is 7.10. The lowest BCUT2D eigenvalue weighted by molar-refractivity contribution is 0.0526. The quantitative estimate of drug-likeness (QED) is 0.861. The van der Waals surface area contributed by atoms with Crippen molar-refractivity contribution in [2.45, 2.75) is 6.92 Å². The minimum absolute atomic E-state index is 0.291. The summed E-state index contributed by atoms with van der Waals surface area (Å²) in [5.41, 5.74) is 0.829. The van der Waals surface area contributed by atoms with E-state index in [1.54, 1.807) is 25.1 Å². The van der Waals surface area contributed by atoms with Crippen LogP contribution in [0.4, 0.5) is 5.82 Å². The molecule has 0 aliphatic carbocycles. The number of rotatable bonds is 4. The van der Waals surface area contributed by atoms with E-state index in [0.717, 1.165) is 0 Å². The first-order valence-electron chi connectivity index (χ1n) is 6.31. The summed E-state index contributed by atoms with van der Waals surface area (Å²) in [4.78, 5) is 27.8. The molecule has 108 valence electrons. The number of ether oxygens (including phenoxy) is 1. The number of benzene rings is 1. The summed E-state index contributed by atoms with van der Waals surface area (Å²) < 4.78 is 5.59. The number of esters is 1. The van der Waals surface area contributed by atoms with E-state index >= 15 is 0 Å². The molecular weight excluding hydrogens is 336 g/mol. The molecule has 1 aromatic heterocycles. The lowest BCUT2D eigenvalue weighted by Crippen LogP contribution is -2.14. The number of carbonyl (C=O) groups excluding carboxylic acids is 2. The van der Waals surface area contributed by atoms with E-state index in [-0.39, 0.29) is 5.91 Å². The molecule has 0 aliphatic rings. The molecule has 5 nitrogen and oxygen atoms in total. The maximum atomic E-state index is 12.1. The molecule has 0 spiro atoms. The maximum absolute atomic E-state index is 12.1. The van der Waals surface area contributed by atoms with Crippen LogP contribution in [0, 0.1) is 0 Å². The van der Waals surface area contributed by atoms with Gasteiger partial charge in [0, 0.05) is 10.7 Å². The number of hydrogen-bond acceptors (Lipinski definition) is 4. The number of nitrogens with one attached hydrogen (secondary N) is 1. The minimum Gasteiger partial charge on any atom is -0.462 e. The van der Waals surface area contributed by atoms with Gasteiger partial charge in [-0.25, -0.2) is 9.78 Å². The second-order valence-electron chi connectivity index (χ2n) is 4.08. The highest BCUT2D eigenvalue weighted by Crippen LogP contribution is 2.17. The zero-order valence-electron chi connectivity index (χ0n) is 11.3. The number of pyridine rings is 1. The average molecular weight is 349 g/mol. The molecule has 1 aromatic carbocycles. The lowest BCUT2D eigenvalue weighted by Gasteiger charge is -2.07. The van der Waals surface area contributed by atoms with Gasteiger partial charge in [-0.05, 0) is 47.1 Å². The van der Waals surface area contributed by atoms with Gasteiger partial charge in [0.2, 0.25) is 0 Å². The Hall–Kier alpha value is -2.21. The Balaban J connectivity index is 2.17. The average Bonchev–Trinajstić information content (AvgIpc) is 2.48. The summed E-state index contributed by atoms with van der Waals surface area (Å²) in [6.45, 7) is 2.02. The normalized spacial score (nSPS) is 10.0. The van der Waals surface area contributed by atoms with Crippen LogP contribution in [0.25, 0.3) is 0 Å². The summed E-state index contributed by atoms with van der Waals surface area (Å²) in [7, 11) is 0. The van der Waals surface area contributed by atoms with Gasteiger partial charge in [0.25, 0.3) is 5.91 Å². The van der Waals surface area contributed by atoms with Crippen LogP contribution in [0.2, 0.25) is 0 Å². The van der Waals surface area contributed by atoms with Crippen molar-refractivity contribution in [1.82, 2.24) is 4.98 Å². The molecule has 1 N–H and O–H groups in total. The van der Waals surface area contributed by atoms with Gasteiger partial charge in [0.1, 0.15) is 5.82 Å². The fourth-order valence-corrected chi connectivity index (χ4v) is 2.13. The van der Waals surface area contributed by atoms with Crippen molar-refractivity contribution >= 4 is 33.6 Å². The van der Waals surface area contributed by atoms with E-state index in [1.165, 1.54) is 18.3 Å². The third-order valence-electron chi connectivity index (χ3n) is 2.63. The first-order chi connectivity index (χ1) is 10.1. The van der Waals surface area contributed by atoms with Crippen molar-refractivity contribution in [3.05, 3.63) is 58.2 Å². The standard InChI is InChI=1S/C15H13BrN2O3/c1-2-21-15(20)10-7-8-17-13(9-10)18-14(19)11-5-3-4-6-12(11)16/h3-9H,2H2,1H3,(H,17,18,19). The number of carbonyl (C=O) groups is 2. The van der Waals surface area contributed by atoms with Crippen LogP contribution in [-0.4, -0.2) is 23.5 Å². The molecule has 0 aliphatic heterocycles. The zero-order valence-corrected chi connectivity index (χ0v) is 12.9. The Kier molecular flexibility index (Phi) is 5.05. The van der Waals surface area contributed by atoms with Gasteiger partial charge in [-0.2, -0.15) is 0 Å². The maximum Gasteiger partial charge on any atom is 0.338 e. The molecule has 1 amide bonds. The monoisotopic (exact) mass is 348 g/mol. The van der Waals surface area contributed by atoms with Gasteiger partial charge < -0.3 is 10.1 Å². The van der Waals surface area contributed by atoms with Crippen LogP contribution >= 0.6 is 15.9 Å². The number of aromatic nitrogens is 1. The van der Waals surface area contributed by atoms with Crippen LogP contribution in [0.15, 0.2) is 47.1 Å². The highest BCUT2D eigenvalue weighted by molar-refractivity contribution is 9.10. The van der Waals surface area contributed by atoms with E-state index < -0.39 is 5.97 Å². The number of hydrogen-bond donors (Lipinski definition) is 1. The van der Waals surface area contributed by atoms with Crippen LogP contribution < -0.4 is 5.32 Å². The molecule has 0 atom stereocenters. The zero-order chi connectivity index (χ0) is 15.2. The first kappa shape index (κ1) is 15.2. The van der Waals surface area contributed by atoms with Gasteiger partial charge in [-0.15, -0.1) is 0 Å². The van der Waals surface area contributed by atoms with E-state index in [4.69, 9.17) is 4.74 Å². The molecule has 1 heterocycles. The molecule has 0 saturated carbocycles. The molecule has 2 rings (SSSR count). The second kappa shape index (κ2) is 6.99. The summed E-state index contributed by atoms with van der Waals surface area (Å²) in [6.07, 6.45) is 1.45. The van der Waals surface area contributed by atoms with E-state index in [9.17, 15) is 9.59 Å². The van der Waals surface area contributed by atoms with E-state index in [2.05, 4.69) is 26.2 Å². The molecule has 0 bridgehead atoms. The SMILES string of the molecule is CCOC(=O)c1ccnc(NC(=O)c2ccccc2Br)c1. The Morgan fingerprint density at radius 3 is 2.76 bits per heavy atom. The van der Waals surface area contributed by atoms with Crippen LogP contribution in [0.3, 0.4) is 0 Å². The Labute approximate surface area is 130 Å². The molecule has 2 aromatic rings. The molecule has 21 heavy (non-hydrogen) atoms. The molecular formula is C15H13BrN2O3. The third-order valence-corrected chi connectivity index (χ3v) is 3.32. The van der Waals surface area contributed by atoms with E-state index in [0.29, 0.717) is 28.0 Å².